The van der Waals surface area contributed by atoms with Crippen molar-refractivity contribution in [3.63, 3.8) is 0 Å². The highest BCUT2D eigenvalue weighted by Crippen LogP contribution is 2.23. The molecule has 0 unspecified atom stereocenters. The van der Waals surface area contributed by atoms with Gasteiger partial charge < -0.3 is 40.1 Å². The van der Waals surface area contributed by atoms with Crippen molar-refractivity contribution in [3.8, 4) is 0 Å². The molecule has 1 aromatic rings. The summed E-state index contributed by atoms with van der Waals surface area (Å²) in [5.74, 6) is 0. The Balaban J connectivity index is 0.000000361. The molecule has 0 aromatic heterocycles. The maximum absolute atomic E-state index is 5.43. The lowest BCUT2D eigenvalue weighted by atomic mass is 10.2. The van der Waals surface area contributed by atoms with E-state index < -0.39 is 0 Å². The first-order chi connectivity index (χ1) is 9.46. The molecule has 0 radical (unpaired) electrons. The van der Waals surface area contributed by atoms with Gasteiger partial charge >= 0.3 is 0 Å². The highest BCUT2D eigenvalue weighted by Gasteiger charge is 1.99. The minimum atomic E-state index is 0.465. The molecule has 0 saturated carbocycles. The molecule has 0 aliphatic carbocycles. The van der Waals surface area contributed by atoms with Gasteiger partial charge in [0.1, 0.15) is 0 Å². The van der Waals surface area contributed by atoms with Crippen LogP contribution in [-0.2, 0) is 0 Å². The standard InChI is InChI=1S/C6H10N4.C6H18N4/c7-3-1-4(8)6(10)2-5(3)9;7-1-4-10(5-2-8)6-3-9/h1-2H,7-10H2;1-9H2. The summed E-state index contributed by atoms with van der Waals surface area (Å²) in [5.41, 5.74) is 39.7. The number of hydrogen-bond acceptors (Lipinski definition) is 8. The summed E-state index contributed by atoms with van der Waals surface area (Å²) in [6.45, 7) is 4.73. The van der Waals surface area contributed by atoms with Crippen molar-refractivity contribution in [2.24, 2.45) is 17.2 Å². The van der Waals surface area contributed by atoms with Gasteiger partial charge in [-0.15, -0.1) is 0 Å². The average molecular weight is 284 g/mol. The fourth-order valence-corrected chi connectivity index (χ4v) is 1.55. The maximum Gasteiger partial charge on any atom is 0.0570 e. The summed E-state index contributed by atoms with van der Waals surface area (Å²) in [4.78, 5) is 2.17. The van der Waals surface area contributed by atoms with Crippen LogP contribution in [0, 0.1) is 0 Å². The lowest BCUT2D eigenvalue weighted by Gasteiger charge is -2.18. The van der Waals surface area contributed by atoms with Crippen molar-refractivity contribution in [2.45, 2.75) is 0 Å². The molecule has 20 heavy (non-hydrogen) atoms. The monoisotopic (exact) mass is 284 g/mol. The fourth-order valence-electron chi connectivity index (χ4n) is 1.55. The lowest BCUT2D eigenvalue weighted by molar-refractivity contribution is 0.297. The molecule has 0 saturated heterocycles. The minimum Gasteiger partial charge on any atom is -0.397 e. The van der Waals surface area contributed by atoms with Crippen molar-refractivity contribution < 1.29 is 0 Å². The zero-order chi connectivity index (χ0) is 15.5. The highest BCUT2D eigenvalue weighted by atomic mass is 15.1. The van der Waals surface area contributed by atoms with E-state index in [-0.39, 0.29) is 0 Å². The first-order valence-corrected chi connectivity index (χ1v) is 6.48. The number of nitrogen functional groups attached to an aromatic ring is 4. The molecular formula is C12H28N8. The molecule has 1 aromatic carbocycles. The van der Waals surface area contributed by atoms with Crippen LogP contribution in [0.2, 0.25) is 0 Å². The number of nitrogens with two attached hydrogens (primary N) is 7. The summed E-state index contributed by atoms with van der Waals surface area (Å²) in [7, 11) is 0. The Kier molecular flexibility index (Phi) is 9.22. The number of rotatable bonds is 6. The van der Waals surface area contributed by atoms with E-state index in [1.54, 1.807) is 12.1 Å². The summed E-state index contributed by atoms with van der Waals surface area (Å²) in [5, 5.41) is 0. The lowest BCUT2D eigenvalue weighted by Crippen LogP contribution is -2.37. The van der Waals surface area contributed by atoms with Gasteiger partial charge in [-0.05, 0) is 12.1 Å². The molecule has 116 valence electrons. The van der Waals surface area contributed by atoms with E-state index in [9.17, 15) is 0 Å². The first kappa shape index (κ1) is 18.3. The van der Waals surface area contributed by atoms with Crippen LogP contribution in [0.25, 0.3) is 0 Å². The van der Waals surface area contributed by atoms with E-state index in [4.69, 9.17) is 40.1 Å². The Morgan fingerprint density at radius 3 is 1.05 bits per heavy atom. The van der Waals surface area contributed by atoms with E-state index in [0.29, 0.717) is 42.4 Å². The molecule has 8 heteroatoms. The predicted molar refractivity (Wildman–Crippen MR) is 87.7 cm³/mol. The molecule has 0 atom stereocenters. The number of benzene rings is 1. The molecule has 0 aliphatic heterocycles. The normalized spacial score (nSPS) is 10.2. The van der Waals surface area contributed by atoms with E-state index in [2.05, 4.69) is 4.90 Å². The molecule has 0 fully saturated rings. The Morgan fingerprint density at radius 2 is 0.850 bits per heavy atom. The minimum absolute atomic E-state index is 0.465. The van der Waals surface area contributed by atoms with Crippen LogP contribution in [-0.4, -0.2) is 44.2 Å². The van der Waals surface area contributed by atoms with E-state index in [0.717, 1.165) is 19.6 Å². The molecule has 0 bridgehead atoms. The van der Waals surface area contributed by atoms with Gasteiger partial charge in [0.05, 0.1) is 22.7 Å². The predicted octanol–water partition coefficient (Wildman–Crippen LogP) is -1.82. The summed E-state index contributed by atoms with van der Waals surface area (Å²) >= 11 is 0. The van der Waals surface area contributed by atoms with Gasteiger partial charge in [0.15, 0.2) is 0 Å². The number of anilines is 4. The highest BCUT2D eigenvalue weighted by molar-refractivity contribution is 5.78. The third kappa shape index (κ3) is 7.00. The van der Waals surface area contributed by atoms with E-state index in [1.807, 2.05) is 0 Å². The van der Waals surface area contributed by atoms with Crippen molar-refractivity contribution in [2.75, 3.05) is 62.2 Å². The smallest absolute Gasteiger partial charge is 0.0570 e. The van der Waals surface area contributed by atoms with Gasteiger partial charge in [0.2, 0.25) is 0 Å². The Bertz CT molecular complexity index is 317. The average Bonchev–Trinajstić information content (AvgIpc) is 2.38. The summed E-state index contributed by atoms with van der Waals surface area (Å²) in [6.07, 6.45) is 0. The van der Waals surface area contributed by atoms with Gasteiger partial charge in [-0.1, -0.05) is 0 Å². The number of hydrogen-bond donors (Lipinski definition) is 7. The van der Waals surface area contributed by atoms with Crippen LogP contribution in [0.3, 0.4) is 0 Å². The van der Waals surface area contributed by atoms with Gasteiger partial charge in [-0.25, -0.2) is 0 Å². The van der Waals surface area contributed by atoms with Crippen molar-refractivity contribution >= 4 is 22.7 Å². The maximum atomic E-state index is 5.43. The molecule has 0 spiro atoms. The Morgan fingerprint density at radius 1 is 0.600 bits per heavy atom. The van der Waals surface area contributed by atoms with Crippen LogP contribution in [0.5, 0.6) is 0 Å². The SMILES string of the molecule is NCCN(CCN)CCN.Nc1cc(N)c(N)cc1N. The van der Waals surface area contributed by atoms with E-state index >= 15 is 0 Å². The third-order valence-electron chi connectivity index (χ3n) is 2.62. The van der Waals surface area contributed by atoms with E-state index in [1.165, 1.54) is 0 Å². The molecular weight excluding hydrogens is 256 g/mol. The number of nitrogens with zero attached hydrogens (tertiary/aromatic N) is 1. The Hall–Kier alpha value is -1.74. The summed E-state index contributed by atoms with van der Waals surface area (Å²) in [6, 6.07) is 3.09. The van der Waals surface area contributed by atoms with Crippen LogP contribution >= 0.6 is 0 Å². The second kappa shape index (κ2) is 10.1. The second-order valence-electron chi connectivity index (χ2n) is 4.32. The second-order valence-corrected chi connectivity index (χ2v) is 4.32. The molecule has 8 nitrogen and oxygen atoms in total. The van der Waals surface area contributed by atoms with Gasteiger partial charge in [0.25, 0.3) is 0 Å². The zero-order valence-corrected chi connectivity index (χ0v) is 11.9. The van der Waals surface area contributed by atoms with Crippen molar-refractivity contribution in [3.05, 3.63) is 12.1 Å². The quantitative estimate of drug-likeness (QED) is 0.297. The van der Waals surface area contributed by atoms with Gasteiger partial charge in [-0.2, -0.15) is 0 Å². The van der Waals surface area contributed by atoms with Crippen molar-refractivity contribution in [1.29, 1.82) is 0 Å². The first-order valence-electron chi connectivity index (χ1n) is 6.48. The van der Waals surface area contributed by atoms with Crippen LogP contribution < -0.4 is 40.1 Å². The largest absolute Gasteiger partial charge is 0.397 e. The molecule has 14 N–H and O–H groups in total. The summed E-state index contributed by atoms with van der Waals surface area (Å²) < 4.78 is 0. The fraction of sp³-hybridized carbons (Fsp3) is 0.500. The third-order valence-corrected chi connectivity index (χ3v) is 2.62. The molecule has 0 amide bonds. The molecule has 0 heterocycles. The van der Waals surface area contributed by atoms with Crippen molar-refractivity contribution in [1.82, 2.24) is 4.90 Å². The topological polar surface area (TPSA) is 185 Å². The Labute approximate surface area is 120 Å². The van der Waals surface area contributed by atoms with Crippen LogP contribution in [0.15, 0.2) is 12.1 Å². The molecule has 0 aliphatic rings. The molecule has 1 rings (SSSR count). The van der Waals surface area contributed by atoms with Crippen LogP contribution in [0.4, 0.5) is 22.7 Å². The van der Waals surface area contributed by atoms with Gasteiger partial charge in [-0.3, -0.25) is 4.90 Å². The zero-order valence-electron chi connectivity index (χ0n) is 11.9. The van der Waals surface area contributed by atoms with Crippen LogP contribution in [0.1, 0.15) is 0 Å². The van der Waals surface area contributed by atoms with Gasteiger partial charge in [0, 0.05) is 39.3 Å².